The molecule has 418 valence electrons. The molecular weight excluding hydrogens is 889 g/mol. The van der Waals surface area contributed by atoms with Crippen LogP contribution in [0.4, 0.5) is 0 Å². The zero-order valence-corrected chi connectivity index (χ0v) is 47.9. The second kappa shape index (κ2) is 60.7. The molecule has 6 heteroatoms. The minimum absolute atomic E-state index is 0.0772. The van der Waals surface area contributed by atoms with Crippen LogP contribution < -0.4 is 0 Å². The average molecular weight is 1010 g/mol. The fraction of sp³-hybridized carbons (Fsp3) is 0.803. The van der Waals surface area contributed by atoms with E-state index in [4.69, 9.17) is 14.2 Å². The lowest BCUT2D eigenvalue weighted by Gasteiger charge is -2.18. The maximum Gasteiger partial charge on any atom is 0.306 e. The topological polar surface area (TPSA) is 78.9 Å². The van der Waals surface area contributed by atoms with Crippen molar-refractivity contribution in [3.63, 3.8) is 0 Å². The Bertz CT molecular complexity index is 1290. The summed E-state index contributed by atoms with van der Waals surface area (Å²) in [6.07, 6.45) is 77.1. The Labute approximate surface area is 447 Å². The first-order valence-corrected chi connectivity index (χ1v) is 31.3. The van der Waals surface area contributed by atoms with E-state index in [2.05, 4.69) is 81.5 Å². The van der Waals surface area contributed by atoms with Crippen LogP contribution in [-0.4, -0.2) is 37.2 Å². The number of hydrogen-bond acceptors (Lipinski definition) is 6. The molecule has 0 amide bonds. The van der Waals surface area contributed by atoms with E-state index in [-0.39, 0.29) is 31.1 Å². The summed E-state index contributed by atoms with van der Waals surface area (Å²) in [7, 11) is 0. The van der Waals surface area contributed by atoms with Gasteiger partial charge in [-0.3, -0.25) is 14.4 Å². The zero-order valence-electron chi connectivity index (χ0n) is 47.9. The third kappa shape index (κ3) is 58.0. The van der Waals surface area contributed by atoms with Gasteiger partial charge in [-0.1, -0.05) is 274 Å². The minimum Gasteiger partial charge on any atom is -0.462 e. The highest BCUT2D eigenvalue weighted by atomic mass is 16.6. The molecule has 6 nitrogen and oxygen atoms in total. The smallest absolute Gasteiger partial charge is 0.306 e. The molecule has 1 atom stereocenters. The third-order valence-electron chi connectivity index (χ3n) is 13.7. The Morgan fingerprint density at radius 3 is 0.792 bits per heavy atom. The maximum absolute atomic E-state index is 12.8. The van der Waals surface area contributed by atoms with Crippen molar-refractivity contribution in [3.8, 4) is 0 Å². The van der Waals surface area contributed by atoms with E-state index in [1.807, 2.05) is 0 Å². The molecule has 0 rings (SSSR count). The van der Waals surface area contributed by atoms with Gasteiger partial charge in [-0.15, -0.1) is 0 Å². The van der Waals surface area contributed by atoms with Gasteiger partial charge in [-0.2, -0.15) is 0 Å². The maximum atomic E-state index is 12.8. The molecule has 0 aromatic carbocycles. The van der Waals surface area contributed by atoms with Gasteiger partial charge < -0.3 is 14.2 Å². The predicted octanol–water partition coefficient (Wildman–Crippen LogP) is 21.2. The Balaban J connectivity index is 3.94. The lowest BCUT2D eigenvalue weighted by atomic mass is 10.0. The van der Waals surface area contributed by atoms with Crippen molar-refractivity contribution in [2.75, 3.05) is 13.2 Å². The molecule has 0 aliphatic heterocycles. The summed E-state index contributed by atoms with van der Waals surface area (Å²) < 4.78 is 16.7. The van der Waals surface area contributed by atoms with Crippen molar-refractivity contribution in [1.82, 2.24) is 0 Å². The molecular formula is C66H118O6. The van der Waals surface area contributed by atoms with Crippen LogP contribution in [-0.2, 0) is 28.6 Å². The van der Waals surface area contributed by atoms with E-state index in [9.17, 15) is 14.4 Å². The van der Waals surface area contributed by atoms with Crippen LogP contribution in [0.25, 0.3) is 0 Å². The van der Waals surface area contributed by atoms with Crippen LogP contribution in [0.5, 0.6) is 0 Å². The van der Waals surface area contributed by atoms with E-state index < -0.39 is 6.10 Å². The van der Waals surface area contributed by atoms with Gasteiger partial charge in [0, 0.05) is 19.3 Å². The summed E-state index contributed by atoms with van der Waals surface area (Å²) >= 11 is 0. The second-order valence-corrected chi connectivity index (χ2v) is 21.0. The predicted molar refractivity (Wildman–Crippen MR) is 312 cm³/mol. The number of unbranched alkanes of at least 4 members (excludes halogenated alkanes) is 36. The highest BCUT2D eigenvalue weighted by Crippen LogP contribution is 2.17. The number of esters is 3. The van der Waals surface area contributed by atoms with Crippen molar-refractivity contribution in [1.29, 1.82) is 0 Å². The lowest BCUT2D eigenvalue weighted by molar-refractivity contribution is -0.167. The van der Waals surface area contributed by atoms with Crippen molar-refractivity contribution in [3.05, 3.63) is 60.8 Å². The van der Waals surface area contributed by atoms with E-state index in [0.29, 0.717) is 19.3 Å². The largest absolute Gasteiger partial charge is 0.462 e. The molecule has 0 N–H and O–H groups in total. The van der Waals surface area contributed by atoms with Crippen molar-refractivity contribution in [2.45, 2.75) is 329 Å². The lowest BCUT2D eigenvalue weighted by Crippen LogP contribution is -2.30. The molecule has 0 saturated heterocycles. The zero-order chi connectivity index (χ0) is 52.2. The first-order valence-electron chi connectivity index (χ1n) is 31.3. The summed E-state index contributed by atoms with van der Waals surface area (Å²) in [5.41, 5.74) is 0. The monoisotopic (exact) mass is 1010 g/mol. The quantitative estimate of drug-likeness (QED) is 0.0261. The van der Waals surface area contributed by atoms with Crippen molar-refractivity contribution >= 4 is 17.9 Å². The van der Waals surface area contributed by atoms with Crippen molar-refractivity contribution in [2.24, 2.45) is 0 Å². The average Bonchev–Trinajstić information content (AvgIpc) is 3.38. The van der Waals surface area contributed by atoms with Gasteiger partial charge in [-0.25, -0.2) is 0 Å². The van der Waals surface area contributed by atoms with Gasteiger partial charge in [0.1, 0.15) is 13.2 Å². The SMILES string of the molecule is CCCCCC/C=C\C/C=C\CCCCCCCC(=O)OC(COC(=O)CCCCCCC)COC(=O)CCCCCCCCCCCCCCCCCCCC/C=C\C/C=C\C/C=C\CCCCCCC. The Morgan fingerprint density at radius 1 is 0.278 bits per heavy atom. The van der Waals surface area contributed by atoms with Gasteiger partial charge in [0.2, 0.25) is 0 Å². The molecule has 0 aliphatic rings. The number of hydrogen-bond donors (Lipinski definition) is 0. The summed E-state index contributed by atoms with van der Waals surface area (Å²) in [4.78, 5) is 37.8. The normalized spacial score (nSPS) is 12.4. The number of rotatable bonds is 57. The number of ether oxygens (including phenoxy) is 3. The van der Waals surface area contributed by atoms with Crippen molar-refractivity contribution < 1.29 is 28.6 Å². The number of carbonyl (C=O) groups is 3. The number of allylic oxidation sites excluding steroid dienone is 10. The minimum atomic E-state index is -0.776. The Kier molecular flexibility index (Phi) is 58.2. The summed E-state index contributed by atoms with van der Waals surface area (Å²) in [6.45, 7) is 6.54. The molecule has 0 spiro atoms. The summed E-state index contributed by atoms with van der Waals surface area (Å²) in [6, 6.07) is 0. The Hall–Kier alpha value is -2.89. The van der Waals surface area contributed by atoms with Crippen LogP contribution in [0.2, 0.25) is 0 Å². The van der Waals surface area contributed by atoms with Crippen LogP contribution in [0.15, 0.2) is 60.8 Å². The first-order chi connectivity index (χ1) is 35.5. The molecule has 0 aromatic rings. The van der Waals surface area contributed by atoms with E-state index in [1.165, 1.54) is 180 Å². The van der Waals surface area contributed by atoms with Crippen LogP contribution in [0.1, 0.15) is 323 Å². The highest BCUT2D eigenvalue weighted by molar-refractivity contribution is 5.71. The molecule has 72 heavy (non-hydrogen) atoms. The summed E-state index contributed by atoms with van der Waals surface area (Å²) in [5, 5.41) is 0. The van der Waals surface area contributed by atoms with E-state index in [0.717, 1.165) is 103 Å². The second-order valence-electron chi connectivity index (χ2n) is 21.0. The molecule has 0 bridgehead atoms. The van der Waals surface area contributed by atoms with Crippen LogP contribution in [0.3, 0.4) is 0 Å². The van der Waals surface area contributed by atoms with Gasteiger partial charge in [-0.05, 0) is 89.9 Å². The number of carbonyl (C=O) groups excluding carboxylic acids is 3. The van der Waals surface area contributed by atoms with Gasteiger partial charge in [0.25, 0.3) is 0 Å². The van der Waals surface area contributed by atoms with Gasteiger partial charge in [0.05, 0.1) is 0 Å². The van der Waals surface area contributed by atoms with Crippen LogP contribution >= 0.6 is 0 Å². The fourth-order valence-electron chi connectivity index (χ4n) is 9.01. The molecule has 0 saturated carbocycles. The van der Waals surface area contributed by atoms with E-state index >= 15 is 0 Å². The van der Waals surface area contributed by atoms with Crippen LogP contribution in [0, 0.1) is 0 Å². The molecule has 0 radical (unpaired) electrons. The molecule has 0 aromatic heterocycles. The molecule has 0 fully saturated rings. The third-order valence-corrected chi connectivity index (χ3v) is 13.7. The molecule has 1 unspecified atom stereocenters. The Morgan fingerprint density at radius 2 is 0.500 bits per heavy atom. The van der Waals surface area contributed by atoms with E-state index in [1.54, 1.807) is 0 Å². The fourth-order valence-corrected chi connectivity index (χ4v) is 9.01. The van der Waals surface area contributed by atoms with Gasteiger partial charge >= 0.3 is 17.9 Å². The first kappa shape index (κ1) is 69.1. The molecule has 0 aliphatic carbocycles. The summed E-state index contributed by atoms with van der Waals surface area (Å²) in [5.74, 6) is -0.893. The standard InChI is InChI=1S/C66H118O6/c1-4-7-10-13-15-17-19-21-23-25-26-27-28-29-30-31-32-33-34-35-36-37-38-39-40-41-43-44-46-48-50-53-56-59-65(68)71-62-63(61-70-64(67)58-55-52-12-9-6-3)72-66(69)60-57-54-51-49-47-45-42-24-22-20-18-16-14-11-8-5-2/h18-21,24-26,28-29,42,63H,4-17,22-23,27,30-41,43-62H2,1-3H3/b20-18-,21-19-,26-25-,29-28-,42-24-. The van der Waals surface area contributed by atoms with Gasteiger partial charge in [0.15, 0.2) is 6.10 Å². The molecule has 0 heterocycles. The highest BCUT2D eigenvalue weighted by Gasteiger charge is 2.19.